The van der Waals surface area contributed by atoms with E-state index in [2.05, 4.69) is 15.2 Å². The Balaban J connectivity index is 2.00. The second-order valence-corrected chi connectivity index (χ2v) is 9.62. The maximum absolute atomic E-state index is 13.0. The van der Waals surface area contributed by atoms with Gasteiger partial charge in [0.05, 0.1) is 26.9 Å². The second-order valence-electron chi connectivity index (χ2n) is 6.91. The molecule has 1 aromatic carbocycles. The van der Waals surface area contributed by atoms with Crippen LogP contribution in [0.4, 0.5) is 11.4 Å². The SMILES string of the molecule is CCN(CC)S(=O)(=O)c1ccc(N2CCCC2)c(NC(=O)c2cnc(Cl)c(Cl)c2)c1. The van der Waals surface area contributed by atoms with Crippen molar-refractivity contribution < 1.29 is 13.2 Å². The first-order valence-corrected chi connectivity index (χ1v) is 12.0. The first-order valence-electron chi connectivity index (χ1n) is 9.79. The lowest BCUT2D eigenvalue weighted by Crippen LogP contribution is -2.31. The largest absolute Gasteiger partial charge is 0.370 e. The fourth-order valence-electron chi connectivity index (χ4n) is 3.46. The smallest absolute Gasteiger partial charge is 0.257 e. The molecule has 1 amide bonds. The summed E-state index contributed by atoms with van der Waals surface area (Å²) in [5.41, 5.74) is 1.45. The average molecular weight is 471 g/mol. The number of carbonyl (C=O) groups excluding carboxylic acids is 1. The van der Waals surface area contributed by atoms with Crippen molar-refractivity contribution in [3.63, 3.8) is 0 Å². The summed E-state index contributed by atoms with van der Waals surface area (Å²) in [5.74, 6) is -0.445. The number of aromatic nitrogens is 1. The van der Waals surface area contributed by atoms with Gasteiger partial charge in [-0.05, 0) is 37.1 Å². The van der Waals surface area contributed by atoms with Gasteiger partial charge in [0.25, 0.3) is 5.91 Å². The number of rotatable bonds is 7. The molecule has 0 unspecified atom stereocenters. The van der Waals surface area contributed by atoms with E-state index >= 15 is 0 Å². The lowest BCUT2D eigenvalue weighted by Gasteiger charge is -2.24. The molecule has 7 nitrogen and oxygen atoms in total. The zero-order chi connectivity index (χ0) is 21.9. The number of nitrogens with zero attached hydrogens (tertiary/aromatic N) is 3. The number of hydrogen-bond acceptors (Lipinski definition) is 5. The third kappa shape index (κ3) is 4.72. The van der Waals surface area contributed by atoms with Crippen LogP contribution in [0.15, 0.2) is 35.4 Å². The molecule has 0 bridgehead atoms. The summed E-state index contributed by atoms with van der Waals surface area (Å²) in [7, 11) is -3.66. The van der Waals surface area contributed by atoms with Crippen LogP contribution in [0.2, 0.25) is 10.2 Å². The highest BCUT2D eigenvalue weighted by Gasteiger charge is 2.25. The Hall–Kier alpha value is -1.87. The number of carbonyl (C=O) groups is 1. The minimum absolute atomic E-state index is 0.110. The van der Waals surface area contributed by atoms with E-state index in [0.717, 1.165) is 31.6 Å². The normalized spacial score (nSPS) is 14.4. The van der Waals surface area contributed by atoms with Gasteiger partial charge in [0.1, 0.15) is 5.15 Å². The molecule has 1 fully saturated rings. The minimum atomic E-state index is -3.66. The van der Waals surface area contributed by atoms with Gasteiger partial charge in [-0.15, -0.1) is 0 Å². The predicted molar refractivity (Wildman–Crippen MR) is 120 cm³/mol. The lowest BCUT2D eigenvalue weighted by molar-refractivity contribution is 0.102. The van der Waals surface area contributed by atoms with Crippen LogP contribution in [-0.4, -0.2) is 49.8 Å². The summed E-state index contributed by atoms with van der Waals surface area (Å²) in [5, 5.41) is 3.11. The Kier molecular flexibility index (Phi) is 7.23. The zero-order valence-corrected chi connectivity index (χ0v) is 19.2. The molecular weight excluding hydrogens is 447 g/mol. The van der Waals surface area contributed by atoms with E-state index in [-0.39, 0.29) is 20.6 Å². The van der Waals surface area contributed by atoms with Crippen molar-refractivity contribution in [1.29, 1.82) is 0 Å². The molecule has 0 radical (unpaired) electrons. The number of pyridine rings is 1. The maximum atomic E-state index is 13.0. The lowest BCUT2D eigenvalue weighted by atomic mass is 10.2. The summed E-state index contributed by atoms with van der Waals surface area (Å²) < 4.78 is 27.3. The molecule has 1 N–H and O–H groups in total. The molecule has 162 valence electrons. The Morgan fingerprint density at radius 3 is 2.43 bits per heavy atom. The van der Waals surface area contributed by atoms with Crippen LogP contribution in [0, 0.1) is 0 Å². The molecule has 1 saturated heterocycles. The van der Waals surface area contributed by atoms with Gasteiger partial charge >= 0.3 is 0 Å². The minimum Gasteiger partial charge on any atom is -0.370 e. The topological polar surface area (TPSA) is 82.6 Å². The van der Waals surface area contributed by atoms with Crippen molar-refractivity contribution in [3.8, 4) is 0 Å². The number of anilines is 2. The van der Waals surface area contributed by atoms with Crippen molar-refractivity contribution >= 4 is 50.5 Å². The van der Waals surface area contributed by atoms with E-state index in [1.54, 1.807) is 26.0 Å². The van der Waals surface area contributed by atoms with E-state index in [1.807, 2.05) is 0 Å². The van der Waals surface area contributed by atoms with Gasteiger partial charge in [0, 0.05) is 32.4 Å². The van der Waals surface area contributed by atoms with Crippen molar-refractivity contribution in [2.45, 2.75) is 31.6 Å². The molecule has 2 aromatic rings. The number of halogens is 2. The zero-order valence-electron chi connectivity index (χ0n) is 16.9. The van der Waals surface area contributed by atoms with E-state index < -0.39 is 15.9 Å². The Morgan fingerprint density at radius 1 is 1.17 bits per heavy atom. The second kappa shape index (κ2) is 9.51. The predicted octanol–water partition coefficient (Wildman–Crippen LogP) is 4.27. The fraction of sp³-hybridized carbons (Fsp3) is 0.400. The first-order chi connectivity index (χ1) is 14.3. The fourth-order valence-corrected chi connectivity index (χ4v) is 5.22. The molecule has 0 saturated carbocycles. The highest BCUT2D eigenvalue weighted by atomic mass is 35.5. The molecule has 1 aliphatic rings. The van der Waals surface area contributed by atoms with Crippen molar-refractivity contribution in [3.05, 3.63) is 46.2 Å². The molecule has 0 atom stereocenters. The number of sulfonamides is 1. The molecule has 30 heavy (non-hydrogen) atoms. The van der Waals surface area contributed by atoms with Gasteiger partial charge in [0.15, 0.2) is 0 Å². The summed E-state index contributed by atoms with van der Waals surface area (Å²) in [6.45, 7) is 6.00. The molecule has 2 heterocycles. The monoisotopic (exact) mass is 470 g/mol. The number of amides is 1. The van der Waals surface area contributed by atoms with Crippen LogP contribution in [-0.2, 0) is 10.0 Å². The van der Waals surface area contributed by atoms with E-state index in [4.69, 9.17) is 23.2 Å². The van der Waals surface area contributed by atoms with Gasteiger partial charge in [-0.25, -0.2) is 13.4 Å². The summed E-state index contributed by atoms with van der Waals surface area (Å²) in [6, 6.07) is 6.30. The number of hydrogen-bond donors (Lipinski definition) is 1. The molecule has 10 heteroatoms. The van der Waals surface area contributed by atoms with Gasteiger partial charge < -0.3 is 10.2 Å². The van der Waals surface area contributed by atoms with Gasteiger partial charge in [0.2, 0.25) is 10.0 Å². The summed E-state index contributed by atoms with van der Waals surface area (Å²) >= 11 is 11.8. The molecular formula is C20H24Cl2N4O3S. The van der Waals surface area contributed by atoms with E-state index in [0.29, 0.717) is 18.8 Å². The molecule has 3 rings (SSSR count). The maximum Gasteiger partial charge on any atom is 0.257 e. The number of nitrogens with one attached hydrogen (secondary N) is 1. The van der Waals surface area contributed by atoms with Crippen LogP contribution >= 0.6 is 23.2 Å². The first kappa shape index (κ1) is 22.8. The van der Waals surface area contributed by atoms with Crippen LogP contribution < -0.4 is 10.2 Å². The van der Waals surface area contributed by atoms with Gasteiger partial charge in [-0.1, -0.05) is 37.0 Å². The van der Waals surface area contributed by atoms with Crippen molar-refractivity contribution in [1.82, 2.24) is 9.29 Å². The van der Waals surface area contributed by atoms with Crippen molar-refractivity contribution in [2.75, 3.05) is 36.4 Å². The van der Waals surface area contributed by atoms with E-state index in [9.17, 15) is 13.2 Å². The van der Waals surface area contributed by atoms with Crippen LogP contribution in [0.5, 0.6) is 0 Å². The average Bonchev–Trinajstić information content (AvgIpc) is 3.25. The van der Waals surface area contributed by atoms with Gasteiger partial charge in [-0.2, -0.15) is 4.31 Å². The Morgan fingerprint density at radius 2 is 1.83 bits per heavy atom. The quantitative estimate of drug-likeness (QED) is 0.610. The van der Waals surface area contributed by atoms with E-state index in [1.165, 1.54) is 22.6 Å². The Bertz CT molecular complexity index is 1040. The molecule has 1 aliphatic heterocycles. The third-order valence-corrected chi connectivity index (χ3v) is 7.80. The summed E-state index contributed by atoms with van der Waals surface area (Å²) in [6.07, 6.45) is 3.42. The van der Waals surface area contributed by atoms with Crippen LogP contribution in [0.3, 0.4) is 0 Å². The summed E-state index contributed by atoms with van der Waals surface area (Å²) in [4.78, 5) is 19.0. The number of benzene rings is 1. The highest BCUT2D eigenvalue weighted by molar-refractivity contribution is 7.89. The molecule has 0 spiro atoms. The highest BCUT2D eigenvalue weighted by Crippen LogP contribution is 2.33. The van der Waals surface area contributed by atoms with Gasteiger partial charge in [-0.3, -0.25) is 4.79 Å². The molecule has 1 aromatic heterocycles. The third-order valence-electron chi connectivity index (χ3n) is 5.06. The molecule has 0 aliphatic carbocycles. The van der Waals surface area contributed by atoms with Crippen LogP contribution in [0.25, 0.3) is 0 Å². The van der Waals surface area contributed by atoms with Crippen molar-refractivity contribution in [2.24, 2.45) is 0 Å². The standard InChI is InChI=1S/C20H24Cl2N4O3S/c1-3-26(4-2)30(28,29)15-7-8-18(25-9-5-6-10-25)17(12-15)24-20(27)14-11-16(21)19(22)23-13-14/h7-8,11-13H,3-6,9-10H2,1-2H3,(H,24,27). The van der Waals surface area contributed by atoms with Crippen LogP contribution in [0.1, 0.15) is 37.0 Å². The Labute approximate surface area is 187 Å².